The zero-order chi connectivity index (χ0) is 41.1. The van der Waals surface area contributed by atoms with Crippen molar-refractivity contribution < 1.29 is 19.8 Å². The van der Waals surface area contributed by atoms with Crippen molar-refractivity contribution in [3.05, 3.63) is 151 Å². The number of allylic oxidation sites excluding steroid dienone is 2. The van der Waals surface area contributed by atoms with E-state index in [2.05, 4.69) is 22.8 Å². The standard InChI is InChI=1S/2C22H18N4O2S/c2*1-13-19(20(25-22(28)26(13)2)16-4-3-5-17(27)10-16)21-24-18(12-29-21)15-8-6-14(11-23)7-9-15/h2*3-10,12,20,27H,1-2H3,(H,25,28). The first kappa shape index (κ1) is 39.0. The van der Waals surface area contributed by atoms with Crippen molar-refractivity contribution in [3.63, 3.8) is 0 Å². The summed E-state index contributed by atoms with van der Waals surface area (Å²) in [6.45, 7) is 3.79. The molecule has 8 rings (SSSR count). The van der Waals surface area contributed by atoms with Crippen molar-refractivity contribution >= 4 is 45.9 Å². The van der Waals surface area contributed by atoms with Crippen molar-refractivity contribution in [2.75, 3.05) is 14.1 Å². The Balaban J connectivity index is 0.000000177. The molecule has 2 aliphatic heterocycles. The van der Waals surface area contributed by atoms with E-state index in [0.29, 0.717) is 11.1 Å². The molecule has 4 amide bonds. The molecule has 288 valence electrons. The molecule has 4 N–H and O–H groups in total. The van der Waals surface area contributed by atoms with E-state index >= 15 is 0 Å². The average Bonchev–Trinajstić information content (AvgIpc) is 3.93. The number of carbonyl (C=O) groups excluding carboxylic acids is 2. The molecule has 12 nitrogen and oxygen atoms in total. The number of urea groups is 2. The monoisotopic (exact) mass is 804 g/mol. The fraction of sp³-hybridized carbons (Fsp3) is 0.136. The lowest BCUT2D eigenvalue weighted by molar-refractivity contribution is 0.213. The fourth-order valence-corrected chi connectivity index (χ4v) is 8.54. The maximum atomic E-state index is 12.4. The molecule has 0 fully saturated rings. The Morgan fingerprint density at radius 2 is 1.00 bits per heavy atom. The molecule has 58 heavy (non-hydrogen) atoms. The van der Waals surface area contributed by atoms with Gasteiger partial charge in [0.05, 0.1) is 46.7 Å². The van der Waals surface area contributed by atoms with Crippen LogP contribution in [-0.4, -0.2) is 56.1 Å². The van der Waals surface area contributed by atoms with Crippen LogP contribution in [0.1, 0.15) is 58.2 Å². The smallest absolute Gasteiger partial charge is 0.322 e. The lowest BCUT2D eigenvalue weighted by atomic mass is 9.95. The Kier molecular flexibility index (Phi) is 11.1. The summed E-state index contributed by atoms with van der Waals surface area (Å²) >= 11 is 2.99. The van der Waals surface area contributed by atoms with Crippen LogP contribution < -0.4 is 10.6 Å². The largest absolute Gasteiger partial charge is 0.508 e. The van der Waals surface area contributed by atoms with E-state index in [1.54, 1.807) is 84.6 Å². The highest BCUT2D eigenvalue weighted by atomic mass is 32.1. The first-order valence-electron chi connectivity index (χ1n) is 18.0. The Morgan fingerprint density at radius 3 is 1.34 bits per heavy atom. The first-order chi connectivity index (χ1) is 27.9. The van der Waals surface area contributed by atoms with E-state index < -0.39 is 12.1 Å². The quantitative estimate of drug-likeness (QED) is 0.129. The van der Waals surface area contributed by atoms with Crippen LogP contribution in [-0.2, 0) is 0 Å². The number of aromatic hydroxyl groups is 2. The number of hydrogen-bond acceptors (Lipinski definition) is 10. The number of carbonyl (C=O) groups is 2. The first-order valence-corrected chi connectivity index (χ1v) is 19.7. The molecule has 2 atom stereocenters. The number of rotatable bonds is 6. The van der Waals surface area contributed by atoms with Crippen LogP contribution in [0.25, 0.3) is 33.7 Å². The molecular formula is C44H36N8O4S2. The molecular weight excluding hydrogens is 769 g/mol. The van der Waals surface area contributed by atoms with Gasteiger partial charge in [0.15, 0.2) is 0 Å². The van der Waals surface area contributed by atoms with Gasteiger partial charge in [0.25, 0.3) is 0 Å². The van der Waals surface area contributed by atoms with Crippen molar-refractivity contribution in [1.29, 1.82) is 10.5 Å². The molecule has 0 aliphatic carbocycles. The number of hydrogen-bond donors (Lipinski definition) is 4. The summed E-state index contributed by atoms with van der Waals surface area (Å²) in [7, 11) is 3.44. The predicted octanol–water partition coefficient (Wildman–Crippen LogP) is 9.03. The summed E-state index contributed by atoms with van der Waals surface area (Å²) in [6, 6.07) is 31.3. The highest BCUT2D eigenvalue weighted by molar-refractivity contribution is 7.11. The van der Waals surface area contributed by atoms with E-state index in [4.69, 9.17) is 20.5 Å². The van der Waals surface area contributed by atoms with Gasteiger partial charge in [-0.25, -0.2) is 19.6 Å². The topological polar surface area (TPSA) is 178 Å². The van der Waals surface area contributed by atoms with E-state index in [9.17, 15) is 19.8 Å². The van der Waals surface area contributed by atoms with Gasteiger partial charge < -0.3 is 30.6 Å². The molecule has 0 saturated heterocycles. The highest BCUT2D eigenvalue weighted by Gasteiger charge is 2.34. The maximum Gasteiger partial charge on any atom is 0.322 e. The summed E-state index contributed by atoms with van der Waals surface area (Å²) in [5.74, 6) is 0.287. The molecule has 2 unspecified atom stereocenters. The maximum absolute atomic E-state index is 12.4. The summed E-state index contributed by atoms with van der Waals surface area (Å²) in [6.07, 6.45) is 0. The third-order valence-corrected chi connectivity index (χ3v) is 11.8. The number of nitriles is 2. The summed E-state index contributed by atoms with van der Waals surface area (Å²) in [5.41, 5.74) is 9.64. The lowest BCUT2D eigenvalue weighted by Gasteiger charge is -2.33. The van der Waals surface area contributed by atoms with Gasteiger partial charge in [0.2, 0.25) is 0 Å². The van der Waals surface area contributed by atoms with Gasteiger partial charge in [-0.1, -0.05) is 48.5 Å². The summed E-state index contributed by atoms with van der Waals surface area (Å²) in [4.78, 5) is 37.6. The third-order valence-electron chi connectivity index (χ3n) is 10.0. The minimum absolute atomic E-state index is 0.144. The zero-order valence-electron chi connectivity index (χ0n) is 31.8. The molecule has 0 saturated carbocycles. The van der Waals surface area contributed by atoms with Crippen LogP contribution in [0.2, 0.25) is 0 Å². The second kappa shape index (κ2) is 16.5. The van der Waals surface area contributed by atoms with E-state index in [1.165, 1.54) is 22.7 Å². The zero-order valence-corrected chi connectivity index (χ0v) is 33.4. The molecule has 0 spiro atoms. The van der Waals surface area contributed by atoms with Gasteiger partial charge in [-0.05, 0) is 73.5 Å². The SMILES string of the molecule is CC1=C(c2nc(-c3ccc(C#N)cc3)cs2)C(c2cccc(O)c2)NC(=O)N1C.CC1=C(c2nc(-c3ccc(C#N)cc3)cs2)C(c2cccc(O)c2)NC(=O)N1C. The number of nitrogens with one attached hydrogen (secondary N) is 2. The van der Waals surface area contributed by atoms with Crippen LogP contribution >= 0.6 is 22.7 Å². The van der Waals surface area contributed by atoms with E-state index in [1.807, 2.05) is 61.0 Å². The van der Waals surface area contributed by atoms with Crippen LogP contribution in [0, 0.1) is 22.7 Å². The van der Waals surface area contributed by atoms with E-state index in [0.717, 1.165) is 66.2 Å². The van der Waals surface area contributed by atoms with Gasteiger partial charge in [0.1, 0.15) is 21.5 Å². The third kappa shape index (κ3) is 7.88. The fourth-order valence-electron chi connectivity index (χ4n) is 6.62. The van der Waals surface area contributed by atoms with Crippen LogP contribution in [0.5, 0.6) is 11.5 Å². The molecule has 0 radical (unpaired) electrons. The van der Waals surface area contributed by atoms with Crippen LogP contribution in [0.4, 0.5) is 9.59 Å². The van der Waals surface area contributed by atoms with Crippen LogP contribution in [0.3, 0.4) is 0 Å². The second-order valence-electron chi connectivity index (χ2n) is 13.5. The van der Waals surface area contributed by atoms with Gasteiger partial charge in [-0.3, -0.25) is 0 Å². The predicted molar refractivity (Wildman–Crippen MR) is 224 cm³/mol. The number of benzene rings is 4. The molecule has 2 aromatic heterocycles. The van der Waals surface area contributed by atoms with Gasteiger partial charge in [-0.2, -0.15) is 10.5 Å². The van der Waals surface area contributed by atoms with Gasteiger partial charge in [-0.15, -0.1) is 22.7 Å². The summed E-state index contributed by atoms with van der Waals surface area (Å²) in [5, 5.41) is 49.3. The average molecular weight is 805 g/mol. The van der Waals surface area contributed by atoms with Crippen molar-refractivity contribution in [1.82, 2.24) is 30.4 Å². The number of phenolic OH excluding ortho intramolecular Hbond substituents is 2. The van der Waals surface area contributed by atoms with Gasteiger partial charge in [0, 0.05) is 58.5 Å². The van der Waals surface area contributed by atoms with Crippen LogP contribution in [0.15, 0.2) is 119 Å². The molecule has 4 heterocycles. The van der Waals surface area contributed by atoms with Crippen molar-refractivity contribution in [2.24, 2.45) is 0 Å². The number of phenols is 2. The number of aromatic nitrogens is 2. The Hall–Kier alpha value is -7.26. The normalized spacial score (nSPS) is 16.5. The molecule has 4 aromatic carbocycles. The minimum atomic E-state index is -0.411. The second-order valence-corrected chi connectivity index (χ2v) is 15.2. The minimum Gasteiger partial charge on any atom is -0.508 e. The summed E-state index contributed by atoms with van der Waals surface area (Å²) < 4.78 is 0. The Morgan fingerprint density at radius 1 is 0.621 bits per heavy atom. The molecule has 14 heteroatoms. The Labute approximate surface area is 342 Å². The van der Waals surface area contributed by atoms with Crippen molar-refractivity contribution in [2.45, 2.75) is 25.9 Å². The number of amides is 4. The number of thiazole rings is 2. The van der Waals surface area contributed by atoms with E-state index in [-0.39, 0.29) is 23.6 Å². The lowest BCUT2D eigenvalue weighted by Crippen LogP contribution is -2.44. The molecule has 2 aliphatic rings. The highest BCUT2D eigenvalue weighted by Crippen LogP contribution is 2.41. The van der Waals surface area contributed by atoms with Gasteiger partial charge >= 0.3 is 12.1 Å². The molecule has 0 bridgehead atoms. The van der Waals surface area contributed by atoms with Crippen molar-refractivity contribution in [3.8, 4) is 46.2 Å². The Bertz CT molecular complexity index is 2500. The molecule has 6 aromatic rings. The number of nitrogens with zero attached hydrogens (tertiary/aromatic N) is 6.